The summed E-state index contributed by atoms with van der Waals surface area (Å²) in [5.74, 6) is 4.53. The van der Waals surface area contributed by atoms with Crippen LogP contribution >= 0.6 is 0 Å². The van der Waals surface area contributed by atoms with Crippen LogP contribution < -0.4 is 16.6 Å². The van der Waals surface area contributed by atoms with Crippen LogP contribution in [-0.2, 0) is 6.18 Å². The molecule has 0 spiro atoms. The van der Waals surface area contributed by atoms with E-state index in [0.717, 1.165) is 6.07 Å². The number of halogens is 3. The van der Waals surface area contributed by atoms with Gasteiger partial charge in [-0.1, -0.05) is 12.1 Å². The van der Waals surface area contributed by atoms with E-state index in [9.17, 15) is 18.0 Å². The number of nitrogens with two attached hydrogens (primary N) is 1. The highest BCUT2D eigenvalue weighted by atomic mass is 19.4. The van der Waals surface area contributed by atoms with Crippen molar-refractivity contribution >= 4 is 17.4 Å². The molecule has 8 heteroatoms. The molecule has 0 fully saturated rings. The van der Waals surface area contributed by atoms with Crippen LogP contribution in [0.4, 0.5) is 24.7 Å². The summed E-state index contributed by atoms with van der Waals surface area (Å²) in [6, 6.07) is 7.58. The van der Waals surface area contributed by atoms with Crippen molar-refractivity contribution in [1.29, 1.82) is 0 Å². The van der Waals surface area contributed by atoms with Crippen LogP contribution in [0.1, 0.15) is 15.9 Å². The summed E-state index contributed by atoms with van der Waals surface area (Å²) in [7, 11) is 0. The maximum Gasteiger partial charge on any atom is 0.418 e. The number of nitrogens with zero attached hydrogens (tertiary/aromatic N) is 1. The molecule has 1 heterocycles. The Morgan fingerprint density at radius 2 is 1.86 bits per heavy atom. The Morgan fingerprint density at radius 1 is 1.14 bits per heavy atom. The smallest absolute Gasteiger partial charge is 0.321 e. The van der Waals surface area contributed by atoms with Gasteiger partial charge in [0.25, 0.3) is 5.91 Å². The van der Waals surface area contributed by atoms with Gasteiger partial charge in [-0.05, 0) is 24.3 Å². The molecule has 0 bridgehead atoms. The number of anilines is 2. The third-order valence-corrected chi connectivity index (χ3v) is 2.67. The summed E-state index contributed by atoms with van der Waals surface area (Å²) in [5, 5.41) is 2.21. The molecule has 0 saturated carbocycles. The number of carbonyl (C=O) groups is 1. The lowest BCUT2D eigenvalue weighted by Crippen LogP contribution is -2.20. The van der Waals surface area contributed by atoms with Crippen molar-refractivity contribution in [3.05, 3.63) is 53.7 Å². The minimum Gasteiger partial charge on any atom is -0.321 e. The SMILES string of the molecule is NNc1ncccc1C(=O)Nc1ccccc1C(F)(F)F. The van der Waals surface area contributed by atoms with Gasteiger partial charge < -0.3 is 10.7 Å². The molecule has 21 heavy (non-hydrogen) atoms. The fourth-order valence-electron chi connectivity index (χ4n) is 1.73. The minimum absolute atomic E-state index is 0.0389. The number of aromatic nitrogens is 1. The highest BCUT2D eigenvalue weighted by Crippen LogP contribution is 2.34. The first-order valence-electron chi connectivity index (χ1n) is 5.82. The predicted molar refractivity (Wildman–Crippen MR) is 71.4 cm³/mol. The van der Waals surface area contributed by atoms with Gasteiger partial charge in [0, 0.05) is 6.20 Å². The fourth-order valence-corrected chi connectivity index (χ4v) is 1.73. The number of hydrogen-bond donors (Lipinski definition) is 3. The largest absolute Gasteiger partial charge is 0.418 e. The van der Waals surface area contributed by atoms with E-state index >= 15 is 0 Å². The van der Waals surface area contributed by atoms with Crippen molar-refractivity contribution in [3.8, 4) is 0 Å². The maximum absolute atomic E-state index is 12.9. The average Bonchev–Trinajstić information content (AvgIpc) is 2.46. The first-order valence-corrected chi connectivity index (χ1v) is 5.82. The van der Waals surface area contributed by atoms with Gasteiger partial charge in [-0.2, -0.15) is 13.2 Å². The van der Waals surface area contributed by atoms with Gasteiger partial charge in [0.1, 0.15) is 0 Å². The zero-order valence-electron chi connectivity index (χ0n) is 10.6. The molecule has 1 aromatic carbocycles. The molecule has 0 unspecified atom stereocenters. The van der Waals surface area contributed by atoms with Crippen molar-refractivity contribution in [1.82, 2.24) is 4.98 Å². The maximum atomic E-state index is 12.9. The van der Waals surface area contributed by atoms with E-state index in [0.29, 0.717) is 0 Å². The van der Waals surface area contributed by atoms with Crippen LogP contribution in [0, 0.1) is 0 Å². The molecule has 0 aliphatic rings. The molecule has 4 N–H and O–H groups in total. The summed E-state index contributed by atoms with van der Waals surface area (Å²) in [5.41, 5.74) is 0.994. The first kappa shape index (κ1) is 14.8. The second kappa shape index (κ2) is 5.80. The van der Waals surface area contributed by atoms with Crippen LogP contribution in [0.25, 0.3) is 0 Å². The van der Waals surface area contributed by atoms with Crippen molar-refractivity contribution in [2.24, 2.45) is 5.84 Å². The van der Waals surface area contributed by atoms with Crippen LogP contribution in [0.15, 0.2) is 42.6 Å². The predicted octanol–water partition coefficient (Wildman–Crippen LogP) is 2.64. The van der Waals surface area contributed by atoms with Crippen LogP contribution in [0.3, 0.4) is 0 Å². The Balaban J connectivity index is 2.33. The van der Waals surface area contributed by atoms with Crippen LogP contribution in [0.5, 0.6) is 0 Å². The molecular weight excluding hydrogens is 285 g/mol. The third kappa shape index (κ3) is 3.29. The zero-order valence-corrected chi connectivity index (χ0v) is 10.6. The van der Waals surface area contributed by atoms with Crippen LogP contribution in [0.2, 0.25) is 0 Å². The number of nitrogen functional groups attached to an aromatic ring is 1. The number of rotatable bonds is 3. The summed E-state index contributed by atoms with van der Waals surface area (Å²) in [6.45, 7) is 0. The van der Waals surface area contributed by atoms with Gasteiger partial charge in [0.05, 0.1) is 16.8 Å². The van der Waals surface area contributed by atoms with Crippen LogP contribution in [-0.4, -0.2) is 10.9 Å². The molecule has 0 atom stereocenters. The standard InChI is InChI=1S/C13H11F3N4O/c14-13(15,16)9-5-1-2-6-10(9)19-12(21)8-4-3-7-18-11(8)20-17/h1-7H,17H2,(H,18,20)(H,19,21). The van der Waals surface area contributed by atoms with Gasteiger partial charge in [0.15, 0.2) is 5.82 Å². The quantitative estimate of drug-likeness (QED) is 0.601. The van der Waals surface area contributed by atoms with Gasteiger partial charge in [0.2, 0.25) is 0 Å². The Morgan fingerprint density at radius 3 is 2.52 bits per heavy atom. The summed E-state index contributed by atoms with van der Waals surface area (Å²) >= 11 is 0. The normalized spacial score (nSPS) is 11.0. The van der Waals surface area contributed by atoms with E-state index in [1.807, 2.05) is 0 Å². The van der Waals surface area contributed by atoms with Gasteiger partial charge >= 0.3 is 6.18 Å². The zero-order chi connectivity index (χ0) is 15.5. The van der Waals surface area contributed by atoms with E-state index < -0.39 is 17.6 Å². The monoisotopic (exact) mass is 296 g/mol. The molecule has 2 aromatic rings. The molecule has 2 rings (SSSR count). The van der Waals surface area contributed by atoms with Crippen molar-refractivity contribution in [2.75, 3.05) is 10.7 Å². The third-order valence-electron chi connectivity index (χ3n) is 2.67. The lowest BCUT2D eigenvalue weighted by molar-refractivity contribution is -0.136. The molecule has 1 aromatic heterocycles. The number of benzene rings is 1. The Bertz CT molecular complexity index is 658. The Hall–Kier alpha value is -2.61. The lowest BCUT2D eigenvalue weighted by atomic mass is 10.1. The molecule has 0 saturated heterocycles. The number of nitrogens with one attached hydrogen (secondary N) is 2. The Labute approximate surface area is 118 Å². The molecular formula is C13H11F3N4O. The summed E-state index contributed by atoms with van der Waals surface area (Å²) < 4.78 is 38.6. The highest BCUT2D eigenvalue weighted by molar-refractivity contribution is 6.07. The molecule has 0 radical (unpaired) electrons. The van der Waals surface area contributed by atoms with Crippen molar-refractivity contribution < 1.29 is 18.0 Å². The fraction of sp³-hybridized carbons (Fsp3) is 0.0769. The van der Waals surface area contributed by atoms with E-state index in [1.165, 1.54) is 36.5 Å². The molecule has 0 aliphatic carbocycles. The lowest BCUT2D eigenvalue weighted by Gasteiger charge is -2.14. The number of amides is 1. The second-order valence-corrected chi connectivity index (χ2v) is 4.04. The van der Waals surface area contributed by atoms with Gasteiger partial charge in [-0.15, -0.1) is 0 Å². The molecule has 5 nitrogen and oxygen atoms in total. The summed E-state index contributed by atoms with van der Waals surface area (Å²) in [6.07, 6.45) is -3.16. The number of para-hydroxylation sites is 1. The molecule has 1 amide bonds. The van der Waals surface area contributed by atoms with E-state index in [1.54, 1.807) is 0 Å². The Kier molecular flexibility index (Phi) is 4.08. The average molecular weight is 296 g/mol. The number of pyridine rings is 1. The minimum atomic E-state index is -4.56. The molecule has 0 aliphatic heterocycles. The number of hydrazine groups is 1. The second-order valence-electron chi connectivity index (χ2n) is 4.04. The van der Waals surface area contributed by atoms with Crippen molar-refractivity contribution in [3.63, 3.8) is 0 Å². The number of alkyl halides is 3. The van der Waals surface area contributed by atoms with E-state index in [-0.39, 0.29) is 17.1 Å². The molecule has 110 valence electrons. The number of hydrogen-bond acceptors (Lipinski definition) is 4. The highest BCUT2D eigenvalue weighted by Gasteiger charge is 2.33. The van der Waals surface area contributed by atoms with Crippen molar-refractivity contribution in [2.45, 2.75) is 6.18 Å². The first-order chi connectivity index (χ1) is 9.93. The van der Waals surface area contributed by atoms with E-state index in [2.05, 4.69) is 15.7 Å². The topological polar surface area (TPSA) is 80.0 Å². The van der Waals surface area contributed by atoms with Gasteiger partial charge in [-0.25, -0.2) is 10.8 Å². The van der Waals surface area contributed by atoms with E-state index in [4.69, 9.17) is 5.84 Å². The summed E-state index contributed by atoms with van der Waals surface area (Å²) in [4.78, 5) is 15.9. The van der Waals surface area contributed by atoms with Gasteiger partial charge in [-0.3, -0.25) is 4.79 Å². The number of carbonyl (C=O) groups excluding carboxylic acids is 1.